The summed E-state index contributed by atoms with van der Waals surface area (Å²) in [5.41, 5.74) is 8.33. The first-order valence-electron chi connectivity index (χ1n) is 6.71. The molecule has 0 radical (unpaired) electrons. The molecule has 1 aromatic heterocycles. The molecule has 0 aliphatic carbocycles. The van der Waals surface area contributed by atoms with Crippen molar-refractivity contribution in [1.29, 1.82) is 0 Å². The van der Waals surface area contributed by atoms with Gasteiger partial charge in [0, 0.05) is 36.0 Å². The molecule has 4 heteroatoms. The highest BCUT2D eigenvalue weighted by molar-refractivity contribution is 6.30. The van der Waals surface area contributed by atoms with Crippen LogP contribution >= 0.6 is 11.6 Å². The predicted octanol–water partition coefficient (Wildman–Crippen LogP) is 3.43. The van der Waals surface area contributed by atoms with E-state index in [0.717, 1.165) is 5.02 Å². The zero-order valence-electron chi connectivity index (χ0n) is 11.8. The highest BCUT2D eigenvalue weighted by Crippen LogP contribution is 2.29. The molecule has 0 amide bonds. The third-order valence-corrected chi connectivity index (χ3v) is 3.98. The molecule has 0 aliphatic rings. The monoisotopic (exact) mass is 289 g/mol. The van der Waals surface area contributed by atoms with Crippen LogP contribution in [0.4, 0.5) is 0 Å². The standard InChI is InChI=1S/C16H20ClN3/c1-12(14-4-3-5-15(17)10-14)20(2)16(11-18)13-6-8-19-9-7-13/h3-10,12,16H,11,18H2,1-2H3. The maximum atomic E-state index is 6.07. The van der Waals surface area contributed by atoms with Gasteiger partial charge in [0.1, 0.15) is 0 Å². The zero-order valence-corrected chi connectivity index (χ0v) is 12.6. The number of halogens is 1. The minimum atomic E-state index is 0.159. The van der Waals surface area contributed by atoms with Crippen molar-refractivity contribution in [2.75, 3.05) is 13.6 Å². The van der Waals surface area contributed by atoms with Crippen LogP contribution in [0.25, 0.3) is 0 Å². The summed E-state index contributed by atoms with van der Waals surface area (Å²) in [5.74, 6) is 0. The van der Waals surface area contributed by atoms with Crippen molar-refractivity contribution < 1.29 is 0 Å². The minimum Gasteiger partial charge on any atom is -0.329 e. The molecule has 106 valence electrons. The molecule has 2 rings (SSSR count). The van der Waals surface area contributed by atoms with E-state index in [1.165, 1.54) is 11.1 Å². The summed E-state index contributed by atoms with van der Waals surface area (Å²) in [6.45, 7) is 2.72. The van der Waals surface area contributed by atoms with Gasteiger partial charge in [-0.1, -0.05) is 23.7 Å². The summed E-state index contributed by atoms with van der Waals surface area (Å²) < 4.78 is 0. The normalized spacial score (nSPS) is 14.2. The molecule has 2 N–H and O–H groups in total. The molecule has 0 bridgehead atoms. The molecule has 1 aromatic carbocycles. The van der Waals surface area contributed by atoms with E-state index >= 15 is 0 Å². The van der Waals surface area contributed by atoms with Crippen molar-refractivity contribution in [2.45, 2.75) is 19.0 Å². The van der Waals surface area contributed by atoms with Crippen LogP contribution in [0, 0.1) is 0 Å². The third kappa shape index (κ3) is 3.37. The van der Waals surface area contributed by atoms with E-state index in [1.54, 1.807) is 12.4 Å². The van der Waals surface area contributed by atoms with E-state index in [9.17, 15) is 0 Å². The number of likely N-dealkylation sites (N-methyl/N-ethyl adjacent to an activating group) is 1. The van der Waals surface area contributed by atoms with Crippen LogP contribution in [-0.4, -0.2) is 23.5 Å². The first-order chi connectivity index (χ1) is 9.63. The molecule has 1 heterocycles. The van der Waals surface area contributed by atoms with Gasteiger partial charge in [-0.15, -0.1) is 0 Å². The third-order valence-electron chi connectivity index (χ3n) is 3.75. The number of nitrogens with two attached hydrogens (primary N) is 1. The van der Waals surface area contributed by atoms with Crippen molar-refractivity contribution in [3.05, 3.63) is 64.9 Å². The lowest BCUT2D eigenvalue weighted by Crippen LogP contribution is -2.32. The molecular weight excluding hydrogens is 270 g/mol. The molecule has 0 fully saturated rings. The summed E-state index contributed by atoms with van der Waals surface area (Å²) in [4.78, 5) is 6.32. The predicted molar refractivity (Wildman–Crippen MR) is 83.7 cm³/mol. The zero-order chi connectivity index (χ0) is 14.5. The molecule has 0 aliphatic heterocycles. The Labute approximate surface area is 125 Å². The Kier molecular flexibility index (Phi) is 5.12. The fraction of sp³-hybridized carbons (Fsp3) is 0.312. The van der Waals surface area contributed by atoms with E-state index < -0.39 is 0 Å². The average Bonchev–Trinajstić information content (AvgIpc) is 2.48. The molecule has 0 spiro atoms. The fourth-order valence-electron chi connectivity index (χ4n) is 2.39. The maximum absolute atomic E-state index is 6.07. The van der Waals surface area contributed by atoms with Crippen LogP contribution in [0.2, 0.25) is 5.02 Å². The van der Waals surface area contributed by atoms with Crippen molar-refractivity contribution in [2.24, 2.45) is 5.73 Å². The minimum absolute atomic E-state index is 0.159. The van der Waals surface area contributed by atoms with E-state index in [2.05, 4.69) is 29.9 Å². The van der Waals surface area contributed by atoms with Gasteiger partial charge in [0.25, 0.3) is 0 Å². The Balaban J connectivity index is 2.22. The van der Waals surface area contributed by atoms with Gasteiger partial charge >= 0.3 is 0 Å². The van der Waals surface area contributed by atoms with Crippen molar-refractivity contribution in [3.63, 3.8) is 0 Å². The highest BCUT2D eigenvalue weighted by atomic mass is 35.5. The SMILES string of the molecule is CC(c1cccc(Cl)c1)N(C)C(CN)c1ccncc1. The highest BCUT2D eigenvalue weighted by Gasteiger charge is 2.21. The summed E-state index contributed by atoms with van der Waals surface area (Å²) in [5, 5.41) is 0.760. The molecule has 3 nitrogen and oxygen atoms in total. The number of hydrogen-bond donors (Lipinski definition) is 1. The Morgan fingerprint density at radius 2 is 1.90 bits per heavy atom. The first kappa shape index (κ1) is 15.0. The molecule has 2 unspecified atom stereocenters. The number of rotatable bonds is 5. The number of benzene rings is 1. The van der Waals surface area contributed by atoms with Crippen LogP contribution in [0.3, 0.4) is 0 Å². The van der Waals surface area contributed by atoms with Gasteiger partial charge in [0.2, 0.25) is 0 Å². The number of aromatic nitrogens is 1. The molecule has 2 atom stereocenters. The second kappa shape index (κ2) is 6.84. The van der Waals surface area contributed by atoms with Gasteiger partial charge in [-0.2, -0.15) is 0 Å². The van der Waals surface area contributed by atoms with Gasteiger partial charge in [-0.25, -0.2) is 0 Å². The van der Waals surface area contributed by atoms with Crippen LogP contribution in [0.1, 0.15) is 30.1 Å². The van der Waals surface area contributed by atoms with Crippen LogP contribution in [-0.2, 0) is 0 Å². The van der Waals surface area contributed by atoms with E-state index in [4.69, 9.17) is 17.3 Å². The van der Waals surface area contributed by atoms with Gasteiger partial charge in [-0.3, -0.25) is 9.88 Å². The first-order valence-corrected chi connectivity index (χ1v) is 7.08. The Morgan fingerprint density at radius 1 is 1.20 bits per heavy atom. The molecule has 20 heavy (non-hydrogen) atoms. The maximum Gasteiger partial charge on any atom is 0.0474 e. The van der Waals surface area contributed by atoms with Crippen molar-refractivity contribution in [3.8, 4) is 0 Å². The fourth-order valence-corrected chi connectivity index (χ4v) is 2.59. The largest absolute Gasteiger partial charge is 0.329 e. The van der Waals surface area contributed by atoms with Crippen LogP contribution in [0.15, 0.2) is 48.8 Å². The smallest absolute Gasteiger partial charge is 0.0474 e. The van der Waals surface area contributed by atoms with Gasteiger partial charge in [0.05, 0.1) is 0 Å². The summed E-state index contributed by atoms with van der Waals surface area (Å²) in [7, 11) is 2.09. The van der Waals surface area contributed by atoms with E-state index in [1.807, 2.05) is 30.3 Å². The van der Waals surface area contributed by atoms with Gasteiger partial charge in [0.15, 0.2) is 0 Å². The molecule has 0 saturated heterocycles. The Morgan fingerprint density at radius 3 is 2.50 bits per heavy atom. The van der Waals surface area contributed by atoms with Crippen LogP contribution in [0.5, 0.6) is 0 Å². The van der Waals surface area contributed by atoms with E-state index in [0.29, 0.717) is 6.54 Å². The lowest BCUT2D eigenvalue weighted by Gasteiger charge is -2.33. The van der Waals surface area contributed by atoms with Crippen LogP contribution < -0.4 is 5.73 Å². The number of hydrogen-bond acceptors (Lipinski definition) is 3. The lowest BCUT2D eigenvalue weighted by molar-refractivity contribution is 0.190. The van der Waals surface area contributed by atoms with Crippen molar-refractivity contribution >= 4 is 11.6 Å². The second-order valence-electron chi connectivity index (χ2n) is 4.93. The Hall–Kier alpha value is -1.42. The summed E-state index contributed by atoms with van der Waals surface area (Å²) >= 11 is 6.07. The van der Waals surface area contributed by atoms with E-state index in [-0.39, 0.29) is 12.1 Å². The number of nitrogens with zero attached hydrogens (tertiary/aromatic N) is 2. The second-order valence-corrected chi connectivity index (χ2v) is 5.36. The number of pyridine rings is 1. The average molecular weight is 290 g/mol. The van der Waals surface area contributed by atoms with Gasteiger partial charge < -0.3 is 5.73 Å². The van der Waals surface area contributed by atoms with Gasteiger partial charge in [-0.05, 0) is 49.4 Å². The lowest BCUT2D eigenvalue weighted by atomic mass is 10.0. The Bertz CT molecular complexity index is 544. The quantitative estimate of drug-likeness (QED) is 0.917. The molecular formula is C16H20ClN3. The molecule has 2 aromatic rings. The summed E-state index contributed by atoms with van der Waals surface area (Å²) in [6, 6.07) is 12.4. The summed E-state index contributed by atoms with van der Waals surface area (Å²) in [6.07, 6.45) is 3.60. The van der Waals surface area contributed by atoms with Crippen molar-refractivity contribution in [1.82, 2.24) is 9.88 Å². The molecule has 0 saturated carbocycles. The topological polar surface area (TPSA) is 42.1 Å².